The van der Waals surface area contributed by atoms with E-state index in [0.29, 0.717) is 11.3 Å². The molecule has 0 saturated heterocycles. The molecule has 0 fully saturated rings. The van der Waals surface area contributed by atoms with Crippen LogP contribution < -0.4 is 0 Å². The van der Waals surface area contributed by atoms with Crippen LogP contribution in [0.2, 0.25) is 0 Å². The largest absolute Gasteiger partial charge is 0.481 e. The summed E-state index contributed by atoms with van der Waals surface area (Å²) in [5.41, 5.74) is 0.599. The van der Waals surface area contributed by atoms with E-state index in [1.807, 2.05) is 0 Å². The molecule has 6 heteroatoms. The van der Waals surface area contributed by atoms with E-state index in [0.717, 1.165) is 0 Å². The molecule has 1 N–H and O–H groups in total. The predicted molar refractivity (Wildman–Crippen MR) is 58.0 cm³/mol. The second-order valence-corrected chi connectivity index (χ2v) is 4.01. The summed E-state index contributed by atoms with van der Waals surface area (Å²) in [4.78, 5) is 14.4. The minimum atomic E-state index is -2.63. The van der Waals surface area contributed by atoms with Crippen molar-refractivity contribution in [1.82, 2.24) is 4.98 Å². The van der Waals surface area contributed by atoms with Gasteiger partial charge in [-0.2, -0.15) is 0 Å². The molecule has 0 bridgehead atoms. The zero-order valence-corrected chi connectivity index (χ0v) is 9.96. The van der Waals surface area contributed by atoms with Gasteiger partial charge in [0, 0.05) is 11.3 Å². The average molecular weight is 327 g/mol. The van der Waals surface area contributed by atoms with Gasteiger partial charge in [-0.3, -0.25) is 4.79 Å². The van der Waals surface area contributed by atoms with Crippen LogP contribution in [0.4, 0.5) is 8.78 Å². The third-order valence-electron chi connectivity index (χ3n) is 1.88. The summed E-state index contributed by atoms with van der Waals surface area (Å²) in [6, 6.07) is 1.21. The molecule has 0 aliphatic rings. The van der Waals surface area contributed by atoms with E-state index in [1.165, 1.54) is 6.07 Å². The van der Waals surface area contributed by atoms with Crippen molar-refractivity contribution in [2.24, 2.45) is 0 Å². The van der Waals surface area contributed by atoms with Gasteiger partial charge in [0.05, 0.1) is 6.42 Å². The van der Waals surface area contributed by atoms with Gasteiger partial charge in [-0.25, -0.2) is 13.8 Å². The predicted octanol–water partition coefficient (Wildman–Crippen LogP) is 2.56. The minimum absolute atomic E-state index is 0.211. The molecule has 1 heterocycles. The first-order valence-electron chi connectivity index (χ1n) is 4.07. The highest BCUT2D eigenvalue weighted by Gasteiger charge is 2.16. The molecule has 0 radical (unpaired) electrons. The van der Waals surface area contributed by atoms with Crippen LogP contribution in [0.25, 0.3) is 0 Å². The van der Waals surface area contributed by atoms with Crippen LogP contribution in [0.15, 0.2) is 6.07 Å². The zero-order valence-electron chi connectivity index (χ0n) is 7.80. The highest BCUT2D eigenvalue weighted by atomic mass is 127. The van der Waals surface area contributed by atoms with E-state index in [-0.39, 0.29) is 15.7 Å². The van der Waals surface area contributed by atoms with Crippen molar-refractivity contribution in [3.63, 3.8) is 0 Å². The molecule has 82 valence electrons. The number of carboxylic acids is 1. The minimum Gasteiger partial charge on any atom is -0.481 e. The maximum Gasteiger partial charge on any atom is 0.307 e. The summed E-state index contributed by atoms with van der Waals surface area (Å²) >= 11 is 1.71. The number of hydrogen-bond donors (Lipinski definition) is 1. The third-order valence-corrected chi connectivity index (χ3v) is 2.74. The Morgan fingerprint density at radius 2 is 2.27 bits per heavy atom. The van der Waals surface area contributed by atoms with Gasteiger partial charge in [-0.1, -0.05) is 0 Å². The Kier molecular flexibility index (Phi) is 3.95. The molecular weight excluding hydrogens is 319 g/mol. The van der Waals surface area contributed by atoms with Crippen molar-refractivity contribution in [3.05, 3.63) is 26.6 Å². The standard InChI is InChI=1S/C9H8F2INO2/c1-4-5(3-7(14)15)2-6(8(10)11)9(12)13-4/h2,8H,3H2,1H3,(H,14,15). The molecule has 0 spiro atoms. The SMILES string of the molecule is Cc1nc(I)c(C(F)F)cc1CC(=O)O. The fourth-order valence-electron chi connectivity index (χ4n) is 1.13. The topological polar surface area (TPSA) is 50.2 Å². The number of hydrogen-bond acceptors (Lipinski definition) is 2. The molecule has 0 atom stereocenters. The Bertz CT molecular complexity index is 396. The van der Waals surface area contributed by atoms with E-state index >= 15 is 0 Å². The Morgan fingerprint density at radius 3 is 2.73 bits per heavy atom. The lowest BCUT2D eigenvalue weighted by Crippen LogP contribution is -2.06. The van der Waals surface area contributed by atoms with Crippen molar-refractivity contribution in [1.29, 1.82) is 0 Å². The van der Waals surface area contributed by atoms with Crippen LogP contribution >= 0.6 is 22.6 Å². The number of aryl methyl sites for hydroxylation is 1. The van der Waals surface area contributed by atoms with Crippen LogP contribution in [-0.2, 0) is 11.2 Å². The number of carboxylic acid groups (broad SMARTS) is 1. The van der Waals surface area contributed by atoms with Crippen molar-refractivity contribution < 1.29 is 18.7 Å². The first-order valence-corrected chi connectivity index (χ1v) is 5.15. The molecule has 1 aromatic rings. The molecule has 0 unspecified atom stereocenters. The lowest BCUT2D eigenvalue weighted by atomic mass is 10.1. The molecule has 0 aromatic carbocycles. The zero-order chi connectivity index (χ0) is 11.6. The number of rotatable bonds is 3. The van der Waals surface area contributed by atoms with Crippen LogP contribution in [0.5, 0.6) is 0 Å². The Labute approximate surface area is 98.7 Å². The van der Waals surface area contributed by atoms with Gasteiger partial charge in [0.1, 0.15) is 3.70 Å². The maximum atomic E-state index is 12.5. The van der Waals surface area contributed by atoms with Crippen molar-refractivity contribution in [3.8, 4) is 0 Å². The number of aliphatic carboxylic acids is 1. The Morgan fingerprint density at radius 1 is 1.67 bits per heavy atom. The number of nitrogens with zero attached hydrogens (tertiary/aromatic N) is 1. The molecule has 3 nitrogen and oxygen atoms in total. The number of pyridine rings is 1. The maximum absolute atomic E-state index is 12.5. The lowest BCUT2D eigenvalue weighted by molar-refractivity contribution is -0.136. The van der Waals surface area contributed by atoms with Gasteiger partial charge in [0.15, 0.2) is 0 Å². The van der Waals surface area contributed by atoms with Crippen molar-refractivity contribution >= 4 is 28.6 Å². The summed E-state index contributed by atoms with van der Waals surface area (Å²) in [5.74, 6) is -1.05. The Balaban J connectivity index is 3.17. The molecule has 1 aromatic heterocycles. The molecule has 0 aliphatic heterocycles. The summed E-state index contributed by atoms with van der Waals surface area (Å²) in [7, 11) is 0. The summed E-state index contributed by atoms with van der Waals surface area (Å²) in [5, 5.41) is 8.57. The van der Waals surface area contributed by atoms with Gasteiger partial charge < -0.3 is 5.11 Å². The fourth-order valence-corrected chi connectivity index (χ4v) is 1.88. The summed E-state index contributed by atoms with van der Waals surface area (Å²) in [6.07, 6.45) is -2.91. The first kappa shape index (κ1) is 12.3. The second kappa shape index (κ2) is 4.82. The monoisotopic (exact) mass is 327 g/mol. The summed E-state index contributed by atoms with van der Waals surface area (Å²) < 4.78 is 25.2. The second-order valence-electron chi connectivity index (χ2n) is 2.98. The van der Waals surface area contributed by atoms with E-state index in [1.54, 1.807) is 29.5 Å². The van der Waals surface area contributed by atoms with Crippen LogP contribution in [0, 0.1) is 10.6 Å². The van der Waals surface area contributed by atoms with Gasteiger partial charge in [-0.05, 0) is 41.1 Å². The lowest BCUT2D eigenvalue weighted by Gasteiger charge is -2.08. The number of aromatic nitrogens is 1. The number of carbonyl (C=O) groups is 1. The van der Waals surface area contributed by atoms with E-state index in [2.05, 4.69) is 4.98 Å². The van der Waals surface area contributed by atoms with Gasteiger partial charge in [-0.15, -0.1) is 0 Å². The first-order chi connectivity index (χ1) is 6.91. The van der Waals surface area contributed by atoms with E-state index < -0.39 is 12.4 Å². The quantitative estimate of drug-likeness (QED) is 0.686. The molecule has 15 heavy (non-hydrogen) atoms. The molecule has 0 aliphatic carbocycles. The number of halogens is 3. The van der Waals surface area contributed by atoms with E-state index in [4.69, 9.17) is 5.11 Å². The number of alkyl halides is 2. The van der Waals surface area contributed by atoms with Crippen molar-refractivity contribution in [2.45, 2.75) is 19.8 Å². The normalized spacial score (nSPS) is 10.7. The molecular formula is C9H8F2INO2. The molecule has 0 amide bonds. The molecule has 0 saturated carbocycles. The Hall–Kier alpha value is -0.790. The van der Waals surface area contributed by atoms with Gasteiger partial charge in [0.25, 0.3) is 6.43 Å². The third kappa shape index (κ3) is 3.08. The fraction of sp³-hybridized carbons (Fsp3) is 0.333. The van der Waals surface area contributed by atoms with Gasteiger partial charge in [0.2, 0.25) is 0 Å². The van der Waals surface area contributed by atoms with Gasteiger partial charge >= 0.3 is 5.97 Å². The van der Waals surface area contributed by atoms with Crippen LogP contribution in [-0.4, -0.2) is 16.1 Å². The van der Waals surface area contributed by atoms with E-state index in [9.17, 15) is 13.6 Å². The highest BCUT2D eigenvalue weighted by Crippen LogP contribution is 2.25. The highest BCUT2D eigenvalue weighted by molar-refractivity contribution is 14.1. The van der Waals surface area contributed by atoms with Crippen molar-refractivity contribution in [2.75, 3.05) is 0 Å². The van der Waals surface area contributed by atoms with Crippen LogP contribution in [0.3, 0.4) is 0 Å². The smallest absolute Gasteiger partial charge is 0.307 e. The summed E-state index contributed by atoms with van der Waals surface area (Å²) in [6.45, 7) is 1.61. The van der Waals surface area contributed by atoms with Crippen LogP contribution in [0.1, 0.15) is 23.2 Å². The molecule has 1 rings (SSSR count). The average Bonchev–Trinajstić information content (AvgIpc) is 2.08.